The summed E-state index contributed by atoms with van der Waals surface area (Å²) in [6.07, 6.45) is -0.808. The molecule has 8 heteroatoms. The summed E-state index contributed by atoms with van der Waals surface area (Å²) in [5.74, 6) is -1.91. The van der Waals surface area contributed by atoms with Crippen LogP contribution in [0, 0.1) is 0 Å². The average molecular weight is 382 g/mol. The molecule has 2 aromatic carbocycles. The number of amides is 2. The Morgan fingerprint density at radius 1 is 1.14 bits per heavy atom. The molecule has 2 amide bonds. The molecular formula is C20H18N2O6. The van der Waals surface area contributed by atoms with Crippen LogP contribution in [0.15, 0.2) is 42.5 Å². The van der Waals surface area contributed by atoms with Crippen LogP contribution >= 0.6 is 0 Å². The van der Waals surface area contributed by atoms with Crippen LogP contribution in [0.25, 0.3) is 0 Å². The topological polar surface area (TPSA) is 113 Å². The van der Waals surface area contributed by atoms with Crippen LogP contribution < -0.4 is 15.0 Å². The van der Waals surface area contributed by atoms with Crippen molar-refractivity contribution in [3.8, 4) is 5.75 Å². The van der Waals surface area contributed by atoms with Gasteiger partial charge in [0.2, 0.25) is 5.91 Å². The van der Waals surface area contributed by atoms with E-state index in [-0.39, 0.29) is 23.6 Å². The number of carbonyl (C=O) groups excluding carboxylic acids is 3. The Balaban J connectivity index is 1.85. The van der Waals surface area contributed by atoms with Gasteiger partial charge in [0, 0.05) is 11.3 Å². The van der Waals surface area contributed by atoms with Gasteiger partial charge < -0.3 is 15.2 Å². The Kier molecular flexibility index (Phi) is 5.12. The number of ketones is 1. The number of carboxylic acid groups (broad SMARTS) is 1. The van der Waals surface area contributed by atoms with Gasteiger partial charge in [0.1, 0.15) is 12.3 Å². The van der Waals surface area contributed by atoms with Gasteiger partial charge in [-0.2, -0.15) is 0 Å². The van der Waals surface area contributed by atoms with Crippen molar-refractivity contribution in [3.63, 3.8) is 0 Å². The number of hydrogen-bond acceptors (Lipinski definition) is 5. The fourth-order valence-electron chi connectivity index (χ4n) is 2.86. The number of nitrogens with one attached hydrogen (secondary N) is 1. The van der Waals surface area contributed by atoms with Crippen LogP contribution in [0.1, 0.15) is 34.6 Å². The first-order valence-electron chi connectivity index (χ1n) is 8.52. The van der Waals surface area contributed by atoms with E-state index in [0.29, 0.717) is 17.0 Å². The Morgan fingerprint density at radius 2 is 1.89 bits per heavy atom. The van der Waals surface area contributed by atoms with E-state index < -0.39 is 23.9 Å². The highest BCUT2D eigenvalue weighted by molar-refractivity contribution is 6.07. The van der Waals surface area contributed by atoms with E-state index in [4.69, 9.17) is 4.74 Å². The maximum Gasteiger partial charge on any atom is 0.335 e. The van der Waals surface area contributed by atoms with E-state index >= 15 is 0 Å². The van der Waals surface area contributed by atoms with Crippen molar-refractivity contribution < 1.29 is 29.0 Å². The van der Waals surface area contributed by atoms with Gasteiger partial charge in [-0.05, 0) is 44.2 Å². The molecule has 1 aliphatic heterocycles. The molecule has 1 aliphatic rings. The summed E-state index contributed by atoms with van der Waals surface area (Å²) in [5.41, 5.74) is 1.07. The smallest absolute Gasteiger partial charge is 0.335 e. The van der Waals surface area contributed by atoms with Gasteiger partial charge in [-0.15, -0.1) is 0 Å². The molecule has 1 atom stereocenters. The number of carbonyl (C=O) groups is 4. The fourth-order valence-corrected chi connectivity index (χ4v) is 2.86. The second-order valence-electron chi connectivity index (χ2n) is 6.36. The summed E-state index contributed by atoms with van der Waals surface area (Å²) >= 11 is 0. The highest BCUT2D eigenvalue weighted by atomic mass is 16.5. The molecule has 0 fully saturated rings. The number of fused-ring (bicyclic) bond motifs is 1. The highest BCUT2D eigenvalue weighted by Gasteiger charge is 2.33. The van der Waals surface area contributed by atoms with Gasteiger partial charge in [-0.25, -0.2) is 4.79 Å². The predicted molar refractivity (Wildman–Crippen MR) is 101 cm³/mol. The van der Waals surface area contributed by atoms with Crippen molar-refractivity contribution in [1.29, 1.82) is 0 Å². The second-order valence-corrected chi connectivity index (χ2v) is 6.36. The van der Waals surface area contributed by atoms with Crippen LogP contribution in [-0.4, -0.2) is 41.3 Å². The van der Waals surface area contributed by atoms with E-state index in [1.54, 1.807) is 31.2 Å². The normalized spacial score (nSPS) is 15.4. The van der Waals surface area contributed by atoms with Crippen molar-refractivity contribution in [1.82, 2.24) is 0 Å². The zero-order valence-electron chi connectivity index (χ0n) is 15.3. The van der Waals surface area contributed by atoms with Gasteiger partial charge >= 0.3 is 5.97 Å². The monoisotopic (exact) mass is 382 g/mol. The van der Waals surface area contributed by atoms with Crippen LogP contribution in [0.4, 0.5) is 11.4 Å². The molecule has 2 aromatic rings. The van der Waals surface area contributed by atoms with Gasteiger partial charge in [0.05, 0.1) is 11.3 Å². The fraction of sp³-hybridized carbons (Fsp3) is 0.200. The molecule has 0 radical (unpaired) electrons. The lowest BCUT2D eigenvalue weighted by Gasteiger charge is -2.32. The largest absolute Gasteiger partial charge is 0.479 e. The third-order valence-electron chi connectivity index (χ3n) is 4.27. The lowest BCUT2D eigenvalue weighted by atomic mass is 10.1. The molecule has 8 nitrogen and oxygen atoms in total. The van der Waals surface area contributed by atoms with Crippen LogP contribution in [-0.2, 0) is 9.59 Å². The lowest BCUT2D eigenvalue weighted by molar-refractivity contribution is -0.127. The van der Waals surface area contributed by atoms with Crippen molar-refractivity contribution in [3.05, 3.63) is 53.6 Å². The molecule has 0 aromatic heterocycles. The van der Waals surface area contributed by atoms with E-state index in [0.717, 1.165) is 0 Å². The first-order valence-corrected chi connectivity index (χ1v) is 8.52. The SMILES string of the molecule is CC(=O)c1cccc(NC(=O)CN2C(=O)C(C)Oc3ccc(C(=O)O)cc32)c1. The number of anilines is 2. The second kappa shape index (κ2) is 7.51. The van der Waals surface area contributed by atoms with Gasteiger partial charge in [-0.1, -0.05) is 12.1 Å². The van der Waals surface area contributed by atoms with E-state index in [2.05, 4.69) is 5.32 Å². The van der Waals surface area contributed by atoms with Crippen LogP contribution in [0.3, 0.4) is 0 Å². The number of hydrogen-bond donors (Lipinski definition) is 2. The first kappa shape index (κ1) is 19.1. The van der Waals surface area contributed by atoms with Gasteiger partial charge in [-0.3, -0.25) is 19.3 Å². The Labute approximate surface area is 160 Å². The molecule has 1 heterocycles. The minimum Gasteiger partial charge on any atom is -0.479 e. The summed E-state index contributed by atoms with van der Waals surface area (Å²) in [5, 5.41) is 11.8. The lowest BCUT2D eigenvalue weighted by Crippen LogP contribution is -2.47. The number of carboxylic acids is 1. The number of Topliss-reactive ketones (excluding diaryl/α,β-unsaturated/α-hetero) is 1. The van der Waals surface area contributed by atoms with Crippen molar-refractivity contribution in [2.45, 2.75) is 20.0 Å². The number of nitrogens with zero attached hydrogens (tertiary/aromatic N) is 1. The molecule has 28 heavy (non-hydrogen) atoms. The minimum atomic E-state index is -1.15. The van der Waals surface area contributed by atoms with E-state index in [1.165, 1.54) is 30.0 Å². The van der Waals surface area contributed by atoms with Gasteiger partial charge in [0.15, 0.2) is 11.9 Å². The number of aromatic carboxylic acids is 1. The summed E-state index contributed by atoms with van der Waals surface area (Å²) in [6, 6.07) is 10.6. The third kappa shape index (κ3) is 3.85. The molecule has 0 saturated carbocycles. The molecule has 0 aliphatic carbocycles. The van der Waals surface area contributed by atoms with E-state index in [1.807, 2.05) is 0 Å². The van der Waals surface area contributed by atoms with Crippen molar-refractivity contribution >= 4 is 34.9 Å². The number of rotatable bonds is 5. The maximum absolute atomic E-state index is 12.5. The van der Waals surface area contributed by atoms with Crippen molar-refractivity contribution in [2.75, 3.05) is 16.8 Å². The van der Waals surface area contributed by atoms with Gasteiger partial charge in [0.25, 0.3) is 5.91 Å². The molecule has 0 bridgehead atoms. The maximum atomic E-state index is 12.5. The Bertz CT molecular complexity index is 984. The molecule has 1 unspecified atom stereocenters. The quantitative estimate of drug-likeness (QED) is 0.768. The summed E-state index contributed by atoms with van der Waals surface area (Å²) in [4.78, 5) is 48.9. The molecular weight excluding hydrogens is 364 g/mol. The first-order chi connectivity index (χ1) is 13.3. The highest BCUT2D eigenvalue weighted by Crippen LogP contribution is 2.35. The molecule has 3 rings (SSSR count). The average Bonchev–Trinajstić information content (AvgIpc) is 2.65. The predicted octanol–water partition coefficient (Wildman–Crippen LogP) is 2.34. The summed E-state index contributed by atoms with van der Waals surface area (Å²) in [6.45, 7) is 2.65. The van der Waals surface area contributed by atoms with E-state index in [9.17, 15) is 24.3 Å². The Hall–Kier alpha value is -3.68. The third-order valence-corrected chi connectivity index (χ3v) is 4.27. The summed E-state index contributed by atoms with van der Waals surface area (Å²) < 4.78 is 5.50. The number of benzene rings is 2. The minimum absolute atomic E-state index is 0.0238. The number of ether oxygens (including phenoxy) is 1. The van der Waals surface area contributed by atoms with Crippen LogP contribution in [0.5, 0.6) is 5.75 Å². The molecule has 144 valence electrons. The molecule has 0 saturated heterocycles. The van der Waals surface area contributed by atoms with Crippen molar-refractivity contribution in [2.24, 2.45) is 0 Å². The standard InChI is InChI=1S/C20H18N2O6/c1-11(23)13-4-3-5-15(8-13)21-18(24)10-22-16-9-14(20(26)27)6-7-17(16)28-12(2)19(22)25/h3-9,12H,10H2,1-2H3,(H,21,24)(H,26,27). The van der Waals surface area contributed by atoms with Crippen LogP contribution in [0.2, 0.25) is 0 Å². The zero-order valence-corrected chi connectivity index (χ0v) is 15.3. The molecule has 0 spiro atoms. The Morgan fingerprint density at radius 3 is 2.57 bits per heavy atom. The zero-order chi connectivity index (χ0) is 20.4. The molecule has 2 N–H and O–H groups in total. The summed E-state index contributed by atoms with van der Waals surface area (Å²) in [7, 11) is 0.